The second kappa shape index (κ2) is 7.59. The molecule has 0 aliphatic heterocycles. The zero-order chi connectivity index (χ0) is 19.6. The van der Waals surface area contributed by atoms with E-state index in [-0.39, 0.29) is 11.5 Å². The van der Waals surface area contributed by atoms with Gasteiger partial charge in [0.1, 0.15) is 17.2 Å². The van der Waals surface area contributed by atoms with Gasteiger partial charge < -0.3 is 9.47 Å². The van der Waals surface area contributed by atoms with E-state index in [9.17, 15) is 9.59 Å². The van der Waals surface area contributed by atoms with Gasteiger partial charge in [-0.05, 0) is 36.8 Å². The fraction of sp³-hybridized carbons (Fsp3) is 0.158. The Morgan fingerprint density at radius 3 is 2.19 bits per heavy atom. The van der Waals surface area contributed by atoms with E-state index in [1.54, 1.807) is 43.5 Å². The van der Waals surface area contributed by atoms with Crippen molar-refractivity contribution < 1.29 is 19.1 Å². The molecule has 3 aromatic rings. The molecule has 2 aromatic carbocycles. The molecule has 0 spiro atoms. The van der Waals surface area contributed by atoms with Crippen LogP contribution in [-0.2, 0) is 9.59 Å². The zero-order valence-electron chi connectivity index (χ0n) is 14.9. The van der Waals surface area contributed by atoms with Crippen molar-refractivity contribution in [1.29, 1.82) is 0 Å². The second-order valence-corrected chi connectivity index (χ2v) is 6.23. The van der Waals surface area contributed by atoms with E-state index < -0.39 is 11.9 Å². The van der Waals surface area contributed by atoms with Gasteiger partial charge >= 0.3 is 11.9 Å². The van der Waals surface area contributed by atoms with Gasteiger partial charge in [-0.2, -0.15) is 0 Å². The summed E-state index contributed by atoms with van der Waals surface area (Å²) in [5.74, 6) is -0.557. The second-order valence-electron chi connectivity index (χ2n) is 5.82. The van der Waals surface area contributed by atoms with Crippen LogP contribution in [0.2, 0.25) is 5.02 Å². The number of hydrogen-bond donors (Lipinski definition) is 0. The van der Waals surface area contributed by atoms with Crippen LogP contribution < -0.4 is 9.47 Å². The van der Waals surface area contributed by atoms with E-state index in [1.165, 1.54) is 18.5 Å². The third kappa shape index (κ3) is 4.15. The molecular formula is C19H16ClN3O4. The number of halogens is 1. The van der Waals surface area contributed by atoms with Crippen molar-refractivity contribution in [3.05, 3.63) is 53.2 Å². The Labute approximate surface area is 160 Å². The predicted molar refractivity (Wildman–Crippen MR) is 99.2 cm³/mol. The molecule has 27 heavy (non-hydrogen) atoms. The van der Waals surface area contributed by atoms with E-state index >= 15 is 0 Å². The van der Waals surface area contributed by atoms with Gasteiger partial charge in [-0.1, -0.05) is 28.9 Å². The number of carbonyl (C=O) groups is 2. The van der Waals surface area contributed by atoms with Gasteiger partial charge in [0.2, 0.25) is 0 Å². The van der Waals surface area contributed by atoms with Gasteiger partial charge in [0, 0.05) is 13.8 Å². The highest BCUT2D eigenvalue weighted by Gasteiger charge is 2.21. The molecule has 0 unspecified atom stereocenters. The van der Waals surface area contributed by atoms with Crippen LogP contribution in [0.15, 0.2) is 42.6 Å². The SMILES string of the molecule is CC(=O)Oc1cc(C)cc(OC(C)=O)c1-c1cn(-c2ccccc2Cl)nn1. The maximum atomic E-state index is 11.5. The normalized spacial score (nSPS) is 10.5. The van der Waals surface area contributed by atoms with Crippen molar-refractivity contribution in [3.8, 4) is 28.4 Å². The number of ether oxygens (including phenoxy) is 2. The Balaban J connectivity index is 2.16. The van der Waals surface area contributed by atoms with Crippen LogP contribution >= 0.6 is 11.6 Å². The van der Waals surface area contributed by atoms with Crippen molar-refractivity contribution in [2.24, 2.45) is 0 Å². The molecule has 0 aliphatic carbocycles. The first-order valence-electron chi connectivity index (χ1n) is 8.04. The molecule has 0 N–H and O–H groups in total. The monoisotopic (exact) mass is 385 g/mol. The summed E-state index contributed by atoms with van der Waals surface area (Å²) in [5, 5.41) is 8.73. The minimum Gasteiger partial charge on any atom is -0.426 e. The summed E-state index contributed by atoms with van der Waals surface area (Å²) in [7, 11) is 0. The predicted octanol–water partition coefficient (Wildman–Crippen LogP) is 3.75. The Morgan fingerprint density at radius 1 is 1.04 bits per heavy atom. The first-order valence-corrected chi connectivity index (χ1v) is 8.42. The van der Waals surface area contributed by atoms with Gasteiger partial charge in [-0.15, -0.1) is 5.10 Å². The largest absolute Gasteiger partial charge is 0.426 e. The number of hydrogen-bond acceptors (Lipinski definition) is 6. The van der Waals surface area contributed by atoms with Gasteiger partial charge in [0.15, 0.2) is 0 Å². The number of aryl methyl sites for hydroxylation is 1. The third-order valence-electron chi connectivity index (χ3n) is 3.57. The molecule has 0 fully saturated rings. The fourth-order valence-corrected chi connectivity index (χ4v) is 2.80. The average Bonchev–Trinajstić information content (AvgIpc) is 3.03. The van der Waals surface area contributed by atoms with E-state index in [0.29, 0.717) is 22.0 Å². The molecule has 0 bridgehead atoms. The Bertz CT molecular complexity index is 992. The summed E-state index contributed by atoms with van der Waals surface area (Å²) in [5.41, 5.74) is 2.10. The topological polar surface area (TPSA) is 83.3 Å². The van der Waals surface area contributed by atoms with Gasteiger partial charge in [0.05, 0.1) is 22.5 Å². The van der Waals surface area contributed by atoms with E-state index in [2.05, 4.69) is 10.3 Å². The maximum absolute atomic E-state index is 11.5. The first kappa shape index (κ1) is 18.6. The van der Waals surface area contributed by atoms with E-state index in [1.807, 2.05) is 6.07 Å². The third-order valence-corrected chi connectivity index (χ3v) is 3.89. The van der Waals surface area contributed by atoms with Crippen LogP contribution in [0.3, 0.4) is 0 Å². The van der Waals surface area contributed by atoms with Crippen LogP contribution in [0.4, 0.5) is 0 Å². The summed E-state index contributed by atoms with van der Waals surface area (Å²) in [6, 6.07) is 10.5. The Kier molecular flexibility index (Phi) is 5.23. The lowest BCUT2D eigenvalue weighted by molar-refractivity contribution is -0.132. The highest BCUT2D eigenvalue weighted by atomic mass is 35.5. The molecule has 8 heteroatoms. The molecule has 0 amide bonds. The minimum absolute atomic E-state index is 0.227. The van der Waals surface area contributed by atoms with Crippen LogP contribution in [0.25, 0.3) is 16.9 Å². The highest BCUT2D eigenvalue weighted by Crippen LogP contribution is 2.39. The molecular weight excluding hydrogens is 370 g/mol. The van der Waals surface area contributed by atoms with Gasteiger partial charge in [-0.3, -0.25) is 9.59 Å². The number of para-hydroxylation sites is 1. The summed E-state index contributed by atoms with van der Waals surface area (Å²) in [6.07, 6.45) is 1.62. The summed E-state index contributed by atoms with van der Waals surface area (Å²) >= 11 is 6.21. The zero-order valence-corrected chi connectivity index (χ0v) is 15.6. The quantitative estimate of drug-likeness (QED) is 0.502. The molecule has 0 saturated carbocycles. The van der Waals surface area contributed by atoms with Crippen LogP contribution in [0, 0.1) is 6.92 Å². The standard InChI is InChI=1S/C19H16ClN3O4/c1-11-8-17(26-12(2)24)19(18(9-11)27-13(3)25)15-10-23(22-21-15)16-7-5-4-6-14(16)20/h4-10H,1-3H3. The number of carbonyl (C=O) groups excluding carboxylic acids is 2. The molecule has 1 aromatic heterocycles. The van der Waals surface area contributed by atoms with Crippen molar-refractivity contribution >= 4 is 23.5 Å². The molecule has 0 saturated heterocycles. The number of esters is 2. The first-order chi connectivity index (χ1) is 12.8. The Morgan fingerprint density at radius 2 is 1.63 bits per heavy atom. The lowest BCUT2D eigenvalue weighted by atomic mass is 10.1. The van der Waals surface area contributed by atoms with Crippen LogP contribution in [0.5, 0.6) is 11.5 Å². The van der Waals surface area contributed by atoms with Gasteiger partial charge in [-0.25, -0.2) is 4.68 Å². The molecule has 0 atom stereocenters. The lowest BCUT2D eigenvalue weighted by Crippen LogP contribution is -2.07. The van der Waals surface area contributed by atoms with E-state index in [4.69, 9.17) is 21.1 Å². The number of nitrogens with zero attached hydrogens (tertiary/aromatic N) is 3. The van der Waals surface area contributed by atoms with Crippen LogP contribution in [-0.4, -0.2) is 26.9 Å². The maximum Gasteiger partial charge on any atom is 0.308 e. The highest BCUT2D eigenvalue weighted by molar-refractivity contribution is 6.32. The van der Waals surface area contributed by atoms with Crippen molar-refractivity contribution in [2.75, 3.05) is 0 Å². The van der Waals surface area contributed by atoms with Crippen molar-refractivity contribution in [2.45, 2.75) is 20.8 Å². The van der Waals surface area contributed by atoms with E-state index in [0.717, 1.165) is 5.56 Å². The van der Waals surface area contributed by atoms with Gasteiger partial charge in [0.25, 0.3) is 0 Å². The van der Waals surface area contributed by atoms with Crippen LogP contribution in [0.1, 0.15) is 19.4 Å². The summed E-state index contributed by atoms with van der Waals surface area (Å²) < 4.78 is 12.1. The molecule has 7 nitrogen and oxygen atoms in total. The summed E-state index contributed by atoms with van der Waals surface area (Å²) in [4.78, 5) is 23.0. The number of aromatic nitrogens is 3. The molecule has 1 heterocycles. The average molecular weight is 386 g/mol. The minimum atomic E-state index is -0.505. The summed E-state index contributed by atoms with van der Waals surface area (Å²) in [6.45, 7) is 4.38. The smallest absolute Gasteiger partial charge is 0.308 e. The lowest BCUT2D eigenvalue weighted by Gasteiger charge is -2.13. The molecule has 0 aliphatic rings. The molecule has 3 rings (SSSR count). The number of benzene rings is 2. The number of rotatable bonds is 4. The molecule has 138 valence electrons. The van der Waals surface area contributed by atoms with Crippen molar-refractivity contribution in [3.63, 3.8) is 0 Å². The Hall–Kier alpha value is -3.19. The fourth-order valence-electron chi connectivity index (χ4n) is 2.58. The van der Waals surface area contributed by atoms with Crippen molar-refractivity contribution in [1.82, 2.24) is 15.0 Å². The molecule has 0 radical (unpaired) electrons.